The highest BCUT2D eigenvalue weighted by atomic mass is 32.2. The van der Waals surface area contributed by atoms with Crippen LogP contribution in [0.15, 0.2) is 94.9 Å². The van der Waals surface area contributed by atoms with E-state index in [9.17, 15) is 10.1 Å². The Morgan fingerprint density at radius 2 is 1.54 bits per heavy atom. The van der Waals surface area contributed by atoms with Crippen LogP contribution in [-0.2, 0) is 0 Å². The molecule has 5 heteroatoms. The molecule has 4 nitrogen and oxygen atoms in total. The zero-order valence-corrected chi connectivity index (χ0v) is 14.5. The number of hydrogen-bond acceptors (Lipinski definition) is 4. The van der Waals surface area contributed by atoms with Gasteiger partial charge in [-0.3, -0.25) is 15.1 Å². The zero-order chi connectivity index (χ0) is 17.9. The molecular formula is C21H14N2O2S. The Labute approximate surface area is 154 Å². The van der Waals surface area contributed by atoms with E-state index in [2.05, 4.69) is 23.2 Å². The molecule has 26 heavy (non-hydrogen) atoms. The second-order valence-corrected chi connectivity index (χ2v) is 6.83. The van der Waals surface area contributed by atoms with Gasteiger partial charge >= 0.3 is 0 Å². The number of aromatic nitrogens is 1. The number of hydrogen-bond donors (Lipinski definition) is 0. The highest BCUT2D eigenvalue weighted by Crippen LogP contribution is 2.39. The van der Waals surface area contributed by atoms with E-state index in [0.29, 0.717) is 0 Å². The normalized spacial score (nSPS) is 10.8. The lowest BCUT2D eigenvalue weighted by molar-refractivity contribution is -0.384. The lowest BCUT2D eigenvalue weighted by Crippen LogP contribution is -1.91. The van der Waals surface area contributed by atoms with E-state index < -0.39 is 4.92 Å². The van der Waals surface area contributed by atoms with Crippen molar-refractivity contribution >= 4 is 28.2 Å². The van der Waals surface area contributed by atoms with Gasteiger partial charge in [0.2, 0.25) is 0 Å². The molecule has 126 valence electrons. The van der Waals surface area contributed by atoms with E-state index in [1.165, 1.54) is 12.1 Å². The molecule has 0 aliphatic carbocycles. The third kappa shape index (κ3) is 3.17. The summed E-state index contributed by atoms with van der Waals surface area (Å²) in [6, 6.07) is 24.8. The second kappa shape index (κ2) is 6.98. The second-order valence-electron chi connectivity index (χ2n) is 5.74. The number of nitro groups is 1. The standard InChI is InChI=1S/C21H14N2O2S/c24-23(25)17-12-10-15(11-13-17)20-21(26-18-7-2-1-3-8-18)19-9-5-4-6-16(19)14-22-20/h1-14H. The van der Waals surface area contributed by atoms with Gasteiger partial charge in [0.1, 0.15) is 0 Å². The molecule has 1 aromatic heterocycles. The quantitative estimate of drug-likeness (QED) is 0.333. The Hall–Kier alpha value is -3.18. The predicted molar refractivity (Wildman–Crippen MR) is 104 cm³/mol. The Morgan fingerprint density at radius 3 is 2.27 bits per heavy atom. The fourth-order valence-corrected chi connectivity index (χ4v) is 3.88. The van der Waals surface area contributed by atoms with Crippen molar-refractivity contribution in [3.63, 3.8) is 0 Å². The Kier molecular flexibility index (Phi) is 4.37. The van der Waals surface area contributed by atoms with Crippen LogP contribution in [-0.4, -0.2) is 9.91 Å². The first kappa shape index (κ1) is 16.3. The summed E-state index contributed by atoms with van der Waals surface area (Å²) in [5, 5.41) is 13.1. The molecule has 0 saturated carbocycles. The van der Waals surface area contributed by atoms with Gasteiger partial charge in [-0.1, -0.05) is 54.2 Å². The van der Waals surface area contributed by atoms with Crippen molar-refractivity contribution in [1.29, 1.82) is 0 Å². The first-order valence-corrected chi connectivity index (χ1v) is 8.89. The third-order valence-corrected chi connectivity index (χ3v) is 5.19. The molecule has 0 fully saturated rings. The lowest BCUT2D eigenvalue weighted by Gasteiger charge is -2.12. The van der Waals surface area contributed by atoms with E-state index in [1.54, 1.807) is 23.9 Å². The summed E-state index contributed by atoms with van der Waals surface area (Å²) in [7, 11) is 0. The highest BCUT2D eigenvalue weighted by molar-refractivity contribution is 7.99. The molecule has 0 aliphatic heterocycles. The molecular weight excluding hydrogens is 344 g/mol. The Balaban J connectivity index is 1.88. The maximum Gasteiger partial charge on any atom is 0.269 e. The monoisotopic (exact) mass is 358 g/mol. The van der Waals surface area contributed by atoms with Crippen LogP contribution in [0.2, 0.25) is 0 Å². The van der Waals surface area contributed by atoms with Gasteiger partial charge in [0, 0.05) is 39.1 Å². The van der Waals surface area contributed by atoms with Crippen molar-refractivity contribution in [2.24, 2.45) is 0 Å². The van der Waals surface area contributed by atoms with E-state index >= 15 is 0 Å². The predicted octanol–water partition coefficient (Wildman–Crippen LogP) is 5.96. The summed E-state index contributed by atoms with van der Waals surface area (Å²) in [6.45, 7) is 0. The van der Waals surface area contributed by atoms with Crippen LogP contribution < -0.4 is 0 Å². The number of fused-ring (bicyclic) bond motifs is 1. The smallest absolute Gasteiger partial charge is 0.258 e. The molecule has 0 amide bonds. The minimum absolute atomic E-state index is 0.0757. The average Bonchev–Trinajstić information content (AvgIpc) is 2.69. The molecule has 3 aromatic carbocycles. The molecule has 0 bridgehead atoms. The van der Waals surface area contributed by atoms with Crippen molar-refractivity contribution in [2.45, 2.75) is 9.79 Å². The summed E-state index contributed by atoms with van der Waals surface area (Å²) < 4.78 is 0. The van der Waals surface area contributed by atoms with Gasteiger partial charge in [-0.05, 0) is 29.7 Å². The fourth-order valence-electron chi connectivity index (χ4n) is 2.79. The number of pyridine rings is 1. The van der Waals surface area contributed by atoms with E-state index in [-0.39, 0.29) is 5.69 Å². The Bertz CT molecular complexity index is 1080. The van der Waals surface area contributed by atoms with Crippen LogP contribution in [0.3, 0.4) is 0 Å². The third-order valence-electron chi connectivity index (χ3n) is 4.07. The molecule has 0 aliphatic rings. The van der Waals surface area contributed by atoms with Crippen LogP contribution >= 0.6 is 11.8 Å². The van der Waals surface area contributed by atoms with Crippen molar-refractivity contribution < 1.29 is 4.92 Å². The summed E-state index contributed by atoms with van der Waals surface area (Å²) in [5.41, 5.74) is 1.76. The van der Waals surface area contributed by atoms with Gasteiger partial charge in [-0.25, -0.2) is 0 Å². The summed E-state index contributed by atoms with van der Waals surface area (Å²) >= 11 is 1.65. The summed E-state index contributed by atoms with van der Waals surface area (Å²) in [6.07, 6.45) is 1.85. The zero-order valence-electron chi connectivity index (χ0n) is 13.7. The van der Waals surface area contributed by atoms with Crippen LogP contribution in [0.5, 0.6) is 0 Å². The number of non-ortho nitro benzene ring substituents is 1. The van der Waals surface area contributed by atoms with Gasteiger partial charge in [-0.15, -0.1) is 0 Å². The molecule has 4 aromatic rings. The van der Waals surface area contributed by atoms with Crippen molar-refractivity contribution in [3.05, 3.63) is 95.2 Å². The van der Waals surface area contributed by atoms with Gasteiger partial charge in [0.25, 0.3) is 5.69 Å². The average molecular weight is 358 g/mol. The lowest BCUT2D eigenvalue weighted by atomic mass is 10.1. The summed E-state index contributed by atoms with van der Waals surface area (Å²) in [4.78, 5) is 17.3. The first-order chi connectivity index (χ1) is 12.7. The molecule has 0 saturated heterocycles. The van der Waals surface area contributed by atoms with Crippen LogP contribution in [0.4, 0.5) is 5.69 Å². The van der Waals surface area contributed by atoms with Gasteiger partial charge in [-0.2, -0.15) is 0 Å². The number of benzene rings is 3. The first-order valence-electron chi connectivity index (χ1n) is 8.08. The molecule has 1 heterocycles. The molecule has 0 N–H and O–H groups in total. The van der Waals surface area contributed by atoms with Gasteiger partial charge < -0.3 is 0 Å². The van der Waals surface area contributed by atoms with Gasteiger partial charge in [0.15, 0.2) is 0 Å². The highest BCUT2D eigenvalue weighted by Gasteiger charge is 2.14. The van der Waals surface area contributed by atoms with Crippen molar-refractivity contribution in [3.8, 4) is 11.3 Å². The van der Waals surface area contributed by atoms with Crippen LogP contribution in [0, 0.1) is 10.1 Å². The number of nitro benzene ring substituents is 1. The van der Waals surface area contributed by atoms with Crippen LogP contribution in [0.25, 0.3) is 22.0 Å². The van der Waals surface area contributed by atoms with Crippen LogP contribution in [0.1, 0.15) is 0 Å². The molecule has 0 spiro atoms. The van der Waals surface area contributed by atoms with Gasteiger partial charge in [0.05, 0.1) is 10.6 Å². The number of rotatable bonds is 4. The van der Waals surface area contributed by atoms with Crippen molar-refractivity contribution in [2.75, 3.05) is 0 Å². The molecule has 0 unspecified atom stereocenters. The summed E-state index contributed by atoms with van der Waals surface area (Å²) in [5.74, 6) is 0. The largest absolute Gasteiger partial charge is 0.269 e. The SMILES string of the molecule is O=[N+]([O-])c1ccc(-c2ncc3ccccc3c2Sc2ccccc2)cc1. The maximum absolute atomic E-state index is 10.9. The fraction of sp³-hybridized carbons (Fsp3) is 0. The van der Waals surface area contributed by atoms with E-state index in [1.807, 2.05) is 42.6 Å². The topological polar surface area (TPSA) is 56.0 Å². The molecule has 0 radical (unpaired) electrons. The molecule has 0 atom stereocenters. The number of nitrogens with zero attached hydrogens (tertiary/aromatic N) is 2. The minimum Gasteiger partial charge on any atom is -0.258 e. The maximum atomic E-state index is 10.9. The molecule has 4 rings (SSSR count). The minimum atomic E-state index is -0.392. The van der Waals surface area contributed by atoms with Crippen molar-refractivity contribution in [1.82, 2.24) is 4.98 Å². The van der Waals surface area contributed by atoms with E-state index in [0.717, 1.165) is 31.8 Å². The van der Waals surface area contributed by atoms with E-state index in [4.69, 9.17) is 0 Å². The Morgan fingerprint density at radius 1 is 0.846 bits per heavy atom.